The van der Waals surface area contributed by atoms with Crippen LogP contribution in [0.15, 0.2) is 52.2 Å². The fourth-order valence-corrected chi connectivity index (χ4v) is 5.61. The number of thiazole rings is 1. The maximum absolute atomic E-state index is 13.0. The van der Waals surface area contributed by atoms with Gasteiger partial charge in [-0.05, 0) is 49.6 Å². The van der Waals surface area contributed by atoms with Crippen LogP contribution in [0.5, 0.6) is 0 Å². The molecule has 7 nitrogen and oxygen atoms in total. The summed E-state index contributed by atoms with van der Waals surface area (Å²) in [6, 6.07) is 11.2. The fourth-order valence-electron chi connectivity index (χ4n) is 3.51. The van der Waals surface area contributed by atoms with Gasteiger partial charge in [-0.3, -0.25) is 14.3 Å². The predicted molar refractivity (Wildman–Crippen MR) is 114 cm³/mol. The van der Waals surface area contributed by atoms with Crippen molar-refractivity contribution in [2.45, 2.75) is 24.2 Å². The number of amides is 1. The average Bonchev–Trinajstić information content (AvgIpc) is 3.01. The first-order chi connectivity index (χ1) is 13.9. The van der Waals surface area contributed by atoms with E-state index in [1.807, 2.05) is 0 Å². The Hall–Kier alpha value is -2.65. The first kappa shape index (κ1) is 19.7. The van der Waals surface area contributed by atoms with Gasteiger partial charge in [-0.15, -0.1) is 0 Å². The summed E-state index contributed by atoms with van der Waals surface area (Å²) in [4.78, 5) is 26.4. The number of likely N-dealkylation sites (tertiary alicyclic amines) is 1. The zero-order chi connectivity index (χ0) is 20.6. The van der Waals surface area contributed by atoms with Gasteiger partial charge >= 0.3 is 4.87 Å². The Labute approximate surface area is 172 Å². The number of para-hydroxylation sites is 1. The number of fused-ring (bicyclic) bond motifs is 1. The van der Waals surface area contributed by atoms with Crippen LogP contribution in [-0.2, 0) is 17.1 Å². The van der Waals surface area contributed by atoms with Crippen molar-refractivity contribution < 1.29 is 13.2 Å². The second-order valence-corrected chi connectivity index (χ2v) is 9.74. The van der Waals surface area contributed by atoms with Gasteiger partial charge in [0.25, 0.3) is 15.9 Å². The molecule has 0 atom stereocenters. The minimum atomic E-state index is -3.92. The number of sulfonamides is 1. The number of nitrogens with one attached hydrogen (secondary N) is 1. The van der Waals surface area contributed by atoms with Crippen molar-refractivity contribution in [2.24, 2.45) is 7.05 Å². The predicted octanol–water partition coefficient (Wildman–Crippen LogP) is 3.03. The number of aryl methyl sites for hydroxylation is 1. The first-order valence-electron chi connectivity index (χ1n) is 9.37. The lowest BCUT2D eigenvalue weighted by molar-refractivity contribution is 0.0725. The van der Waals surface area contributed by atoms with Gasteiger partial charge in [0.2, 0.25) is 0 Å². The normalized spacial score (nSPS) is 14.9. The van der Waals surface area contributed by atoms with Crippen LogP contribution in [0.25, 0.3) is 10.2 Å². The van der Waals surface area contributed by atoms with Crippen LogP contribution >= 0.6 is 11.3 Å². The summed E-state index contributed by atoms with van der Waals surface area (Å²) in [7, 11) is -2.27. The van der Waals surface area contributed by atoms with E-state index in [1.165, 1.54) is 16.7 Å². The number of aromatic nitrogens is 1. The molecule has 1 aromatic heterocycles. The zero-order valence-electron chi connectivity index (χ0n) is 15.9. The zero-order valence-corrected chi connectivity index (χ0v) is 17.6. The van der Waals surface area contributed by atoms with Gasteiger partial charge in [0.05, 0.1) is 26.4 Å². The smallest absolute Gasteiger partial charge is 0.307 e. The quantitative estimate of drug-likeness (QED) is 0.688. The summed E-state index contributed by atoms with van der Waals surface area (Å²) in [5.74, 6) is -0.167. The first-order valence-corrected chi connectivity index (χ1v) is 11.7. The summed E-state index contributed by atoms with van der Waals surface area (Å²) < 4.78 is 30.6. The summed E-state index contributed by atoms with van der Waals surface area (Å²) in [5.41, 5.74) is 1.27. The van der Waals surface area contributed by atoms with Crippen LogP contribution in [0.3, 0.4) is 0 Å². The summed E-state index contributed by atoms with van der Waals surface area (Å²) in [5, 5.41) is 0. The highest BCUT2D eigenvalue weighted by Gasteiger charge is 2.23. The molecule has 1 saturated heterocycles. The molecule has 3 aromatic rings. The van der Waals surface area contributed by atoms with Gasteiger partial charge in [-0.1, -0.05) is 23.5 Å². The van der Waals surface area contributed by atoms with Crippen molar-refractivity contribution in [2.75, 3.05) is 17.8 Å². The number of rotatable bonds is 4. The summed E-state index contributed by atoms with van der Waals surface area (Å²) in [6.45, 7) is 1.37. The van der Waals surface area contributed by atoms with Crippen LogP contribution in [0.2, 0.25) is 0 Å². The van der Waals surface area contributed by atoms with Crippen LogP contribution in [0, 0.1) is 0 Å². The van der Waals surface area contributed by atoms with Gasteiger partial charge in [0.15, 0.2) is 0 Å². The lowest BCUT2D eigenvalue weighted by Crippen LogP contribution is -2.36. The SMILES string of the molecule is Cn1c(=O)sc2cc(S(=O)(=O)Nc3ccccc3C(=O)N3CCCCC3)ccc21. The highest BCUT2D eigenvalue weighted by molar-refractivity contribution is 7.92. The van der Waals surface area contributed by atoms with Crippen molar-refractivity contribution in [3.8, 4) is 0 Å². The third-order valence-electron chi connectivity index (χ3n) is 5.12. The van der Waals surface area contributed by atoms with Gasteiger partial charge in [-0.2, -0.15) is 0 Å². The van der Waals surface area contributed by atoms with Gasteiger partial charge in [-0.25, -0.2) is 8.42 Å². The van der Waals surface area contributed by atoms with Crippen molar-refractivity contribution in [3.63, 3.8) is 0 Å². The molecule has 1 aliphatic heterocycles. The molecule has 29 heavy (non-hydrogen) atoms. The Kier molecular flexibility index (Phi) is 5.18. The molecular formula is C20H21N3O4S2. The molecule has 0 aliphatic carbocycles. The lowest BCUT2D eigenvalue weighted by atomic mass is 10.1. The third-order valence-corrected chi connectivity index (χ3v) is 7.48. The number of benzene rings is 2. The second-order valence-electron chi connectivity index (χ2n) is 7.06. The van der Waals surface area contributed by atoms with Gasteiger partial charge < -0.3 is 9.47 Å². The molecule has 0 saturated carbocycles. The average molecular weight is 432 g/mol. The molecule has 152 valence electrons. The minimum Gasteiger partial charge on any atom is -0.339 e. The maximum atomic E-state index is 13.0. The van der Waals surface area contributed by atoms with E-state index in [0.717, 1.165) is 30.6 Å². The number of anilines is 1. The molecule has 1 amide bonds. The Bertz CT molecular complexity index is 1240. The van der Waals surface area contributed by atoms with E-state index in [9.17, 15) is 18.0 Å². The number of piperidine rings is 1. The van der Waals surface area contributed by atoms with Crippen LogP contribution < -0.4 is 9.60 Å². The highest BCUT2D eigenvalue weighted by atomic mass is 32.2. The number of hydrogen-bond donors (Lipinski definition) is 1. The number of hydrogen-bond acceptors (Lipinski definition) is 5. The van der Waals surface area contributed by atoms with Gasteiger partial charge in [0, 0.05) is 20.1 Å². The minimum absolute atomic E-state index is 0.0482. The summed E-state index contributed by atoms with van der Waals surface area (Å²) >= 11 is 0.997. The largest absolute Gasteiger partial charge is 0.339 e. The van der Waals surface area contributed by atoms with Crippen molar-refractivity contribution in [3.05, 3.63) is 57.7 Å². The monoisotopic (exact) mass is 431 g/mol. The van der Waals surface area contributed by atoms with Crippen molar-refractivity contribution in [1.82, 2.24) is 9.47 Å². The standard InChI is InChI=1S/C20H21N3O4S2/c1-22-17-10-9-14(13-18(17)28-20(22)25)29(26,27)21-16-8-4-3-7-15(16)19(24)23-11-5-2-6-12-23/h3-4,7-10,13,21H,2,5-6,11-12H2,1H3. The molecule has 1 fully saturated rings. The molecule has 1 N–H and O–H groups in total. The van der Waals surface area contributed by atoms with E-state index < -0.39 is 10.0 Å². The topological polar surface area (TPSA) is 88.5 Å². The van der Waals surface area contributed by atoms with E-state index >= 15 is 0 Å². The highest BCUT2D eigenvalue weighted by Crippen LogP contribution is 2.25. The Morgan fingerprint density at radius 1 is 1.07 bits per heavy atom. The van der Waals surface area contributed by atoms with Crippen molar-refractivity contribution >= 4 is 43.2 Å². The number of carbonyl (C=O) groups is 1. The third kappa shape index (κ3) is 3.79. The molecule has 0 bridgehead atoms. The molecule has 0 radical (unpaired) electrons. The van der Waals surface area contributed by atoms with E-state index in [1.54, 1.807) is 42.3 Å². The van der Waals surface area contributed by atoms with E-state index in [4.69, 9.17) is 0 Å². The number of nitrogens with zero attached hydrogens (tertiary/aromatic N) is 2. The van der Waals surface area contributed by atoms with E-state index in [-0.39, 0.29) is 21.4 Å². The van der Waals surface area contributed by atoms with E-state index in [2.05, 4.69) is 4.72 Å². The van der Waals surface area contributed by atoms with Crippen molar-refractivity contribution in [1.29, 1.82) is 0 Å². The lowest BCUT2D eigenvalue weighted by Gasteiger charge is -2.27. The molecule has 2 aromatic carbocycles. The molecule has 2 heterocycles. The molecule has 1 aliphatic rings. The van der Waals surface area contributed by atoms with Crippen LogP contribution in [0.4, 0.5) is 5.69 Å². The molecule has 4 rings (SSSR count). The Morgan fingerprint density at radius 2 is 1.79 bits per heavy atom. The van der Waals surface area contributed by atoms with Crippen LogP contribution in [-0.4, -0.2) is 36.9 Å². The fraction of sp³-hybridized carbons (Fsp3) is 0.300. The Balaban J connectivity index is 1.66. The Morgan fingerprint density at radius 3 is 2.55 bits per heavy atom. The van der Waals surface area contributed by atoms with Crippen LogP contribution in [0.1, 0.15) is 29.6 Å². The molecule has 9 heteroatoms. The maximum Gasteiger partial charge on any atom is 0.307 e. The van der Waals surface area contributed by atoms with Gasteiger partial charge in [0.1, 0.15) is 0 Å². The summed E-state index contributed by atoms with van der Waals surface area (Å²) in [6.07, 6.45) is 3.02. The molecular weight excluding hydrogens is 410 g/mol. The number of carbonyl (C=O) groups excluding carboxylic acids is 1. The molecule has 0 spiro atoms. The molecule has 0 unspecified atom stereocenters. The van der Waals surface area contributed by atoms with E-state index in [0.29, 0.717) is 28.9 Å². The second kappa shape index (κ2) is 7.64.